The fraction of sp³-hybridized carbons (Fsp3) is 0.133. The van der Waals surface area contributed by atoms with Crippen molar-refractivity contribution in [2.24, 2.45) is 0 Å². The van der Waals surface area contributed by atoms with Gasteiger partial charge >= 0.3 is 0 Å². The van der Waals surface area contributed by atoms with Crippen molar-refractivity contribution in [2.75, 3.05) is 0 Å². The molecule has 1 N–H and O–H groups in total. The number of hydrogen-bond donors (Lipinski definition) is 1. The number of carbonyl (C=O) groups is 1. The smallest absolute Gasteiger partial charge is 0.251 e. The first-order valence-corrected chi connectivity index (χ1v) is 6.78. The van der Waals surface area contributed by atoms with E-state index in [9.17, 15) is 4.79 Å². The van der Waals surface area contributed by atoms with Crippen molar-refractivity contribution in [2.45, 2.75) is 12.4 Å². The van der Waals surface area contributed by atoms with Crippen LogP contribution >= 0.6 is 23.2 Å². The minimum absolute atomic E-state index is 0.109. The molecule has 0 aliphatic rings. The summed E-state index contributed by atoms with van der Waals surface area (Å²) in [6.07, 6.45) is 0. The van der Waals surface area contributed by atoms with Gasteiger partial charge in [-0.2, -0.15) is 0 Å². The maximum Gasteiger partial charge on any atom is 0.251 e. The number of benzene rings is 2. The van der Waals surface area contributed by atoms with Crippen molar-refractivity contribution in [3.05, 3.63) is 70.2 Å². The summed E-state index contributed by atoms with van der Waals surface area (Å²) in [4.78, 5) is 12.0. The summed E-state index contributed by atoms with van der Waals surface area (Å²) in [6, 6.07) is 14.7. The van der Waals surface area contributed by atoms with Gasteiger partial charge in [0.1, 0.15) is 0 Å². The van der Waals surface area contributed by atoms with Crippen molar-refractivity contribution < 1.29 is 4.79 Å². The van der Waals surface area contributed by atoms with Gasteiger partial charge in [-0.05, 0) is 35.4 Å². The van der Waals surface area contributed by atoms with E-state index in [0.717, 1.165) is 11.1 Å². The van der Waals surface area contributed by atoms with E-state index in [1.807, 2.05) is 24.3 Å². The molecule has 0 bridgehead atoms. The molecule has 2 nitrogen and oxygen atoms in total. The van der Waals surface area contributed by atoms with Crippen LogP contribution < -0.4 is 5.32 Å². The number of nitrogens with one attached hydrogen (secondary N) is 1. The first kappa shape index (κ1) is 13.9. The van der Waals surface area contributed by atoms with Gasteiger partial charge in [0, 0.05) is 23.0 Å². The molecular weight excluding hydrogens is 281 g/mol. The normalized spacial score (nSPS) is 10.2. The van der Waals surface area contributed by atoms with Crippen LogP contribution in [0.2, 0.25) is 5.02 Å². The molecule has 0 radical (unpaired) electrons. The predicted octanol–water partition coefficient (Wildman–Crippen LogP) is 4.01. The van der Waals surface area contributed by atoms with E-state index in [2.05, 4.69) is 5.32 Å². The lowest BCUT2D eigenvalue weighted by Gasteiger charge is -2.06. The van der Waals surface area contributed by atoms with Gasteiger partial charge < -0.3 is 5.32 Å². The highest BCUT2D eigenvalue weighted by Crippen LogP contribution is 2.10. The molecule has 0 saturated heterocycles. The molecule has 1 amide bonds. The van der Waals surface area contributed by atoms with E-state index in [4.69, 9.17) is 23.2 Å². The third kappa shape index (κ3) is 3.98. The molecule has 0 aliphatic heterocycles. The molecule has 2 rings (SSSR count). The maximum atomic E-state index is 12.0. The number of rotatable bonds is 4. The Morgan fingerprint density at radius 3 is 2.47 bits per heavy atom. The summed E-state index contributed by atoms with van der Waals surface area (Å²) in [5.41, 5.74) is 2.55. The van der Waals surface area contributed by atoms with Gasteiger partial charge in [0.2, 0.25) is 0 Å². The first-order chi connectivity index (χ1) is 9.19. The Morgan fingerprint density at radius 2 is 1.79 bits per heavy atom. The summed E-state index contributed by atoms with van der Waals surface area (Å²) in [7, 11) is 0. The zero-order valence-corrected chi connectivity index (χ0v) is 11.7. The molecule has 2 aromatic carbocycles. The van der Waals surface area contributed by atoms with Crippen molar-refractivity contribution in [3.8, 4) is 0 Å². The number of carbonyl (C=O) groups excluding carboxylic acids is 1. The molecular formula is C15H13Cl2NO. The van der Waals surface area contributed by atoms with E-state index in [1.54, 1.807) is 24.3 Å². The van der Waals surface area contributed by atoms with Crippen LogP contribution in [0.15, 0.2) is 48.5 Å². The van der Waals surface area contributed by atoms with E-state index in [0.29, 0.717) is 23.0 Å². The third-order valence-electron chi connectivity index (χ3n) is 2.71. The van der Waals surface area contributed by atoms with Crippen molar-refractivity contribution >= 4 is 29.1 Å². The van der Waals surface area contributed by atoms with Crippen LogP contribution in [0.4, 0.5) is 0 Å². The zero-order chi connectivity index (χ0) is 13.7. The lowest BCUT2D eigenvalue weighted by Crippen LogP contribution is -2.22. The highest BCUT2D eigenvalue weighted by atomic mass is 35.5. The molecule has 0 spiro atoms. The maximum absolute atomic E-state index is 12.0. The molecule has 2 aromatic rings. The fourth-order valence-electron chi connectivity index (χ4n) is 1.68. The van der Waals surface area contributed by atoms with Gasteiger partial charge in [0.25, 0.3) is 5.91 Å². The largest absolute Gasteiger partial charge is 0.348 e. The van der Waals surface area contributed by atoms with Gasteiger partial charge in [-0.1, -0.05) is 35.9 Å². The highest BCUT2D eigenvalue weighted by molar-refractivity contribution is 6.30. The van der Waals surface area contributed by atoms with Crippen LogP contribution in [-0.2, 0) is 12.4 Å². The number of alkyl halides is 1. The molecule has 0 unspecified atom stereocenters. The number of hydrogen-bond acceptors (Lipinski definition) is 1. The van der Waals surface area contributed by atoms with Crippen molar-refractivity contribution in [3.63, 3.8) is 0 Å². The molecule has 0 fully saturated rings. The Balaban J connectivity index is 1.99. The van der Waals surface area contributed by atoms with Crippen LogP contribution in [0.5, 0.6) is 0 Å². The SMILES string of the molecule is O=C(NCc1ccc(Cl)cc1)c1cccc(CCl)c1. The average Bonchev–Trinajstić information content (AvgIpc) is 2.46. The summed E-state index contributed by atoms with van der Waals surface area (Å²) in [5.74, 6) is 0.292. The quantitative estimate of drug-likeness (QED) is 0.848. The Morgan fingerprint density at radius 1 is 1.05 bits per heavy atom. The van der Waals surface area contributed by atoms with E-state index < -0.39 is 0 Å². The van der Waals surface area contributed by atoms with Crippen LogP contribution in [0.1, 0.15) is 21.5 Å². The first-order valence-electron chi connectivity index (χ1n) is 5.86. The Hall–Kier alpha value is -1.51. The molecule has 4 heteroatoms. The van der Waals surface area contributed by atoms with Crippen LogP contribution in [0.25, 0.3) is 0 Å². The van der Waals surface area contributed by atoms with Crippen molar-refractivity contribution in [1.82, 2.24) is 5.32 Å². The summed E-state index contributed by atoms with van der Waals surface area (Å²) in [6.45, 7) is 0.473. The topological polar surface area (TPSA) is 29.1 Å². The second kappa shape index (κ2) is 6.60. The lowest BCUT2D eigenvalue weighted by molar-refractivity contribution is 0.0951. The zero-order valence-electron chi connectivity index (χ0n) is 10.2. The van der Waals surface area contributed by atoms with Crippen molar-refractivity contribution in [1.29, 1.82) is 0 Å². The molecule has 0 aliphatic carbocycles. The monoisotopic (exact) mass is 293 g/mol. The predicted molar refractivity (Wildman–Crippen MR) is 78.6 cm³/mol. The summed E-state index contributed by atoms with van der Waals surface area (Å²) in [5, 5.41) is 3.55. The fourth-order valence-corrected chi connectivity index (χ4v) is 1.97. The van der Waals surface area contributed by atoms with Gasteiger partial charge in [0.05, 0.1) is 0 Å². The highest BCUT2D eigenvalue weighted by Gasteiger charge is 2.05. The molecule has 0 saturated carbocycles. The lowest BCUT2D eigenvalue weighted by atomic mass is 10.1. The van der Waals surface area contributed by atoms with Crippen LogP contribution in [0, 0.1) is 0 Å². The standard InChI is InChI=1S/C15H13Cl2NO/c16-9-12-2-1-3-13(8-12)15(19)18-10-11-4-6-14(17)7-5-11/h1-8H,9-10H2,(H,18,19). The minimum Gasteiger partial charge on any atom is -0.348 e. The van der Waals surface area contributed by atoms with Crippen LogP contribution in [0.3, 0.4) is 0 Å². The van der Waals surface area contributed by atoms with Gasteiger partial charge in [-0.25, -0.2) is 0 Å². The summed E-state index contributed by atoms with van der Waals surface area (Å²) < 4.78 is 0. The molecule has 19 heavy (non-hydrogen) atoms. The molecule has 98 valence electrons. The second-order valence-electron chi connectivity index (χ2n) is 4.14. The van der Waals surface area contributed by atoms with Gasteiger partial charge in [-0.15, -0.1) is 11.6 Å². The van der Waals surface area contributed by atoms with Gasteiger partial charge in [-0.3, -0.25) is 4.79 Å². The Bertz CT molecular complexity index is 567. The second-order valence-corrected chi connectivity index (χ2v) is 4.85. The number of halogens is 2. The number of amides is 1. The van der Waals surface area contributed by atoms with E-state index >= 15 is 0 Å². The van der Waals surface area contributed by atoms with Gasteiger partial charge in [0.15, 0.2) is 0 Å². The van der Waals surface area contributed by atoms with E-state index in [-0.39, 0.29) is 5.91 Å². The molecule has 0 atom stereocenters. The minimum atomic E-state index is -0.109. The summed E-state index contributed by atoms with van der Waals surface area (Å²) >= 11 is 11.6. The van der Waals surface area contributed by atoms with Crippen LogP contribution in [-0.4, -0.2) is 5.91 Å². The Kier molecular flexibility index (Phi) is 4.83. The Labute approximate surface area is 122 Å². The third-order valence-corrected chi connectivity index (χ3v) is 3.27. The molecule has 0 aromatic heterocycles. The average molecular weight is 294 g/mol. The van der Waals surface area contributed by atoms with E-state index in [1.165, 1.54) is 0 Å². The molecule has 0 heterocycles.